The van der Waals surface area contributed by atoms with Gasteiger partial charge in [-0.3, -0.25) is 0 Å². The molecule has 0 bridgehead atoms. The normalized spacial score (nSPS) is 14.8. The molecule has 0 saturated heterocycles. The molecule has 1 aromatic carbocycles. The maximum absolute atomic E-state index is 12.2. The number of hydrogen-bond donors (Lipinski definition) is 1. The monoisotopic (exact) mass is 319 g/mol. The predicted molar refractivity (Wildman–Crippen MR) is 85.3 cm³/mol. The molecule has 0 aliphatic carbocycles. The number of hydrogen-bond acceptors (Lipinski definition) is 4. The summed E-state index contributed by atoms with van der Waals surface area (Å²) in [5.74, 6) is -0.310. The third-order valence-electron chi connectivity index (χ3n) is 3.13. The van der Waals surface area contributed by atoms with Crippen molar-refractivity contribution in [3.63, 3.8) is 0 Å². The second kappa shape index (κ2) is 6.73. The van der Waals surface area contributed by atoms with Crippen LogP contribution in [0.5, 0.6) is 5.75 Å². The number of carbonyl (C=O) groups excluding carboxylic acids is 1. The molecule has 23 heavy (non-hydrogen) atoms. The van der Waals surface area contributed by atoms with E-state index in [2.05, 4.69) is 0 Å². The Kier molecular flexibility index (Phi) is 4.93. The second-order valence-corrected chi connectivity index (χ2v) is 6.29. The lowest BCUT2D eigenvalue weighted by molar-refractivity contribution is -0.131. The van der Waals surface area contributed by atoms with Crippen molar-refractivity contribution >= 4 is 18.1 Å². The number of rotatable bonds is 2. The molecule has 6 nitrogen and oxygen atoms in total. The highest BCUT2D eigenvalue weighted by atomic mass is 16.6. The zero-order valence-electron chi connectivity index (χ0n) is 13.5. The minimum atomic E-state index is -1.01. The quantitative estimate of drug-likeness (QED) is 0.848. The van der Waals surface area contributed by atoms with Gasteiger partial charge in [0.1, 0.15) is 18.0 Å². The van der Waals surface area contributed by atoms with Gasteiger partial charge in [-0.2, -0.15) is 0 Å². The highest BCUT2D eigenvalue weighted by Gasteiger charge is 2.25. The summed E-state index contributed by atoms with van der Waals surface area (Å²) < 4.78 is 11.0. The topological polar surface area (TPSA) is 76.1 Å². The van der Waals surface area contributed by atoms with Crippen LogP contribution in [0.3, 0.4) is 0 Å². The van der Waals surface area contributed by atoms with Crippen molar-refractivity contribution < 1.29 is 24.2 Å². The summed E-state index contributed by atoms with van der Waals surface area (Å²) in [6.07, 6.45) is 2.19. The number of ether oxygens (including phenoxy) is 2. The van der Waals surface area contributed by atoms with E-state index in [1.807, 2.05) is 26.8 Å². The molecule has 0 aromatic heterocycles. The van der Waals surface area contributed by atoms with E-state index in [9.17, 15) is 9.59 Å². The number of carbonyl (C=O) groups is 2. The highest BCUT2D eigenvalue weighted by Crippen LogP contribution is 2.25. The fourth-order valence-corrected chi connectivity index (χ4v) is 2.17. The first-order valence-electron chi connectivity index (χ1n) is 7.39. The van der Waals surface area contributed by atoms with Crippen LogP contribution >= 0.6 is 0 Å². The fourth-order valence-electron chi connectivity index (χ4n) is 2.17. The molecule has 124 valence electrons. The molecule has 2 rings (SSSR count). The van der Waals surface area contributed by atoms with Crippen molar-refractivity contribution in [1.82, 2.24) is 4.90 Å². The molecule has 1 amide bonds. The summed E-state index contributed by atoms with van der Waals surface area (Å²) in [6, 6.07) is 5.38. The van der Waals surface area contributed by atoms with E-state index >= 15 is 0 Å². The first kappa shape index (κ1) is 16.9. The number of carboxylic acid groups (broad SMARTS) is 1. The van der Waals surface area contributed by atoms with Crippen molar-refractivity contribution in [3.8, 4) is 5.75 Å². The van der Waals surface area contributed by atoms with E-state index in [1.165, 1.54) is 6.08 Å². The highest BCUT2D eigenvalue weighted by molar-refractivity contribution is 5.85. The van der Waals surface area contributed by atoms with Gasteiger partial charge in [0.15, 0.2) is 0 Å². The zero-order chi connectivity index (χ0) is 17.0. The van der Waals surface area contributed by atoms with Gasteiger partial charge in [-0.15, -0.1) is 0 Å². The fraction of sp³-hybridized carbons (Fsp3) is 0.412. The van der Waals surface area contributed by atoms with Gasteiger partial charge in [-0.25, -0.2) is 9.59 Å². The number of amides is 1. The zero-order valence-corrected chi connectivity index (χ0v) is 13.5. The van der Waals surface area contributed by atoms with Crippen LogP contribution in [0.1, 0.15) is 31.9 Å². The van der Waals surface area contributed by atoms with Gasteiger partial charge < -0.3 is 19.5 Å². The van der Waals surface area contributed by atoms with E-state index < -0.39 is 11.6 Å². The number of carboxylic acids is 1. The van der Waals surface area contributed by atoms with Gasteiger partial charge in [-0.05, 0) is 44.5 Å². The van der Waals surface area contributed by atoms with Crippen LogP contribution in [-0.4, -0.2) is 40.8 Å². The Balaban J connectivity index is 2.19. The van der Waals surface area contributed by atoms with Crippen LogP contribution in [0.2, 0.25) is 0 Å². The molecule has 1 heterocycles. The Morgan fingerprint density at radius 3 is 2.74 bits per heavy atom. The van der Waals surface area contributed by atoms with Crippen molar-refractivity contribution in [2.75, 3.05) is 13.2 Å². The molecule has 0 atom stereocenters. The van der Waals surface area contributed by atoms with Crippen LogP contribution in [0, 0.1) is 0 Å². The van der Waals surface area contributed by atoms with E-state index in [4.69, 9.17) is 14.6 Å². The average Bonchev–Trinajstić information content (AvgIpc) is 2.64. The molecule has 0 spiro atoms. The lowest BCUT2D eigenvalue weighted by Crippen LogP contribution is -2.37. The van der Waals surface area contributed by atoms with Gasteiger partial charge >= 0.3 is 12.1 Å². The van der Waals surface area contributed by atoms with Crippen LogP contribution < -0.4 is 4.74 Å². The smallest absolute Gasteiger partial charge is 0.410 e. The van der Waals surface area contributed by atoms with Crippen LogP contribution in [0.4, 0.5) is 4.79 Å². The van der Waals surface area contributed by atoms with Gasteiger partial charge in [-0.1, -0.05) is 6.07 Å². The first-order valence-corrected chi connectivity index (χ1v) is 7.39. The van der Waals surface area contributed by atoms with E-state index in [-0.39, 0.29) is 6.09 Å². The number of fused-ring (bicyclic) bond motifs is 1. The van der Waals surface area contributed by atoms with Crippen molar-refractivity contribution in [2.45, 2.75) is 32.9 Å². The maximum atomic E-state index is 12.2. The first-order chi connectivity index (χ1) is 10.7. The Morgan fingerprint density at radius 2 is 2.09 bits per heavy atom. The maximum Gasteiger partial charge on any atom is 0.410 e. The lowest BCUT2D eigenvalue weighted by atomic mass is 10.1. The second-order valence-electron chi connectivity index (χ2n) is 6.29. The largest absolute Gasteiger partial charge is 0.491 e. The van der Waals surface area contributed by atoms with Crippen LogP contribution in [0.25, 0.3) is 6.08 Å². The molecular weight excluding hydrogens is 298 g/mol. The summed E-state index contributed by atoms with van der Waals surface area (Å²) in [6.45, 7) is 6.64. The predicted octanol–water partition coefficient (Wildman–Crippen LogP) is 2.91. The third kappa shape index (κ3) is 5.02. The van der Waals surface area contributed by atoms with Gasteiger partial charge in [0.05, 0.1) is 13.1 Å². The van der Waals surface area contributed by atoms with Gasteiger partial charge in [0.25, 0.3) is 0 Å². The van der Waals surface area contributed by atoms with Gasteiger partial charge in [0.2, 0.25) is 0 Å². The standard InChI is InChI=1S/C17H21NO5/c1-17(2,3)23-16(21)18-8-9-22-14-6-4-12(5-7-15(19)20)10-13(14)11-18/h4-7,10H,8-9,11H2,1-3H3,(H,19,20). The minimum absolute atomic E-state index is 0.360. The Labute approximate surface area is 135 Å². The molecule has 0 unspecified atom stereocenters. The van der Waals surface area contributed by atoms with Crippen LogP contribution in [-0.2, 0) is 16.1 Å². The van der Waals surface area contributed by atoms with Crippen molar-refractivity contribution in [2.24, 2.45) is 0 Å². The molecule has 1 N–H and O–H groups in total. The Bertz CT molecular complexity index is 630. The SMILES string of the molecule is CC(C)(C)OC(=O)N1CCOc2ccc(C=CC(=O)O)cc2C1. The number of benzene rings is 1. The van der Waals surface area contributed by atoms with E-state index in [0.29, 0.717) is 25.4 Å². The molecule has 1 aliphatic heterocycles. The average molecular weight is 319 g/mol. The van der Waals surface area contributed by atoms with E-state index in [1.54, 1.807) is 17.0 Å². The van der Waals surface area contributed by atoms with Crippen LogP contribution in [0.15, 0.2) is 24.3 Å². The lowest BCUT2D eigenvalue weighted by Gasteiger charge is -2.26. The number of aliphatic carboxylic acids is 1. The number of nitrogens with zero attached hydrogens (tertiary/aromatic N) is 1. The minimum Gasteiger partial charge on any atom is -0.491 e. The molecule has 1 aromatic rings. The summed E-state index contributed by atoms with van der Waals surface area (Å²) >= 11 is 0. The third-order valence-corrected chi connectivity index (χ3v) is 3.13. The summed E-state index contributed by atoms with van der Waals surface area (Å²) in [5.41, 5.74) is 1.00. The van der Waals surface area contributed by atoms with Gasteiger partial charge in [0, 0.05) is 11.6 Å². The molecule has 0 fully saturated rings. The summed E-state index contributed by atoms with van der Waals surface area (Å²) in [7, 11) is 0. The Morgan fingerprint density at radius 1 is 1.35 bits per heavy atom. The summed E-state index contributed by atoms with van der Waals surface area (Å²) in [4.78, 5) is 24.4. The van der Waals surface area contributed by atoms with Crippen molar-refractivity contribution in [1.29, 1.82) is 0 Å². The van der Waals surface area contributed by atoms with Crippen molar-refractivity contribution in [3.05, 3.63) is 35.4 Å². The molecule has 0 radical (unpaired) electrons. The molecule has 6 heteroatoms. The molecule has 1 aliphatic rings. The van der Waals surface area contributed by atoms with E-state index in [0.717, 1.165) is 17.2 Å². The summed E-state index contributed by atoms with van der Waals surface area (Å²) in [5, 5.41) is 8.70. The Hall–Kier alpha value is -2.50. The molecule has 0 saturated carbocycles. The molecular formula is C17H21NO5.